The molecule has 0 radical (unpaired) electrons. The first-order chi connectivity index (χ1) is 13.1. The number of ether oxygens (including phenoxy) is 2. The molecule has 0 saturated carbocycles. The van der Waals surface area contributed by atoms with Crippen LogP contribution in [0.15, 0.2) is 48.5 Å². The van der Waals surface area contributed by atoms with E-state index < -0.39 is 11.8 Å². The first-order valence-electron chi connectivity index (χ1n) is 8.75. The summed E-state index contributed by atoms with van der Waals surface area (Å²) in [6.45, 7) is 4.44. The van der Waals surface area contributed by atoms with Gasteiger partial charge in [0.05, 0.1) is 13.7 Å². The summed E-state index contributed by atoms with van der Waals surface area (Å²) in [6, 6.07) is 12.7. The predicted molar refractivity (Wildman–Crippen MR) is 105 cm³/mol. The van der Waals surface area contributed by atoms with Crippen molar-refractivity contribution < 1.29 is 19.1 Å². The van der Waals surface area contributed by atoms with Crippen molar-refractivity contribution in [3.63, 3.8) is 0 Å². The number of methoxy groups -OCH3 is 1. The number of amides is 2. The Balaban J connectivity index is 1.92. The lowest BCUT2D eigenvalue weighted by Crippen LogP contribution is -2.40. The fourth-order valence-electron chi connectivity index (χ4n) is 2.35. The smallest absolute Gasteiger partial charge is 0.269 e. The molecule has 0 aliphatic rings. The summed E-state index contributed by atoms with van der Waals surface area (Å²) >= 11 is 0. The van der Waals surface area contributed by atoms with Gasteiger partial charge in [0.25, 0.3) is 11.8 Å². The third kappa shape index (κ3) is 5.88. The van der Waals surface area contributed by atoms with Gasteiger partial charge in [-0.25, -0.2) is 0 Å². The van der Waals surface area contributed by atoms with Gasteiger partial charge in [0.2, 0.25) is 0 Å². The van der Waals surface area contributed by atoms with Gasteiger partial charge in [0.1, 0.15) is 0 Å². The highest BCUT2D eigenvalue weighted by atomic mass is 16.5. The molecule has 142 valence electrons. The Kier molecular flexibility index (Phi) is 7.43. The van der Waals surface area contributed by atoms with Crippen LogP contribution in [0, 0.1) is 0 Å². The predicted octanol–water partition coefficient (Wildman–Crippen LogP) is 3.13. The monoisotopic (exact) mass is 368 g/mol. The second kappa shape index (κ2) is 10.0. The lowest BCUT2D eigenvalue weighted by Gasteiger charge is -2.11. The van der Waals surface area contributed by atoms with Crippen LogP contribution in [0.2, 0.25) is 0 Å². The van der Waals surface area contributed by atoms with Gasteiger partial charge in [-0.3, -0.25) is 20.4 Å². The molecular formula is C21H24N2O4. The van der Waals surface area contributed by atoms with Gasteiger partial charge < -0.3 is 9.47 Å². The van der Waals surface area contributed by atoms with Crippen LogP contribution >= 0.6 is 0 Å². The highest BCUT2D eigenvalue weighted by molar-refractivity contribution is 5.98. The normalized spacial score (nSPS) is 10.5. The van der Waals surface area contributed by atoms with Crippen molar-refractivity contribution in [2.45, 2.75) is 20.3 Å². The third-order valence-corrected chi connectivity index (χ3v) is 3.84. The molecule has 0 heterocycles. The summed E-state index contributed by atoms with van der Waals surface area (Å²) < 4.78 is 10.6. The number of carbonyl (C=O) groups excluding carboxylic acids is 2. The van der Waals surface area contributed by atoms with Crippen molar-refractivity contribution >= 4 is 17.9 Å². The van der Waals surface area contributed by atoms with Gasteiger partial charge in [-0.05, 0) is 48.7 Å². The number of nitrogens with one attached hydrogen (secondary N) is 2. The first-order valence-corrected chi connectivity index (χ1v) is 8.75. The highest BCUT2D eigenvalue weighted by Crippen LogP contribution is 2.27. The number of hydrogen-bond donors (Lipinski definition) is 2. The van der Waals surface area contributed by atoms with E-state index >= 15 is 0 Å². The second-order valence-corrected chi connectivity index (χ2v) is 5.67. The molecule has 2 N–H and O–H groups in total. The van der Waals surface area contributed by atoms with Crippen molar-refractivity contribution in [3.8, 4) is 11.5 Å². The van der Waals surface area contributed by atoms with Crippen molar-refractivity contribution in [3.05, 3.63) is 65.2 Å². The van der Waals surface area contributed by atoms with Crippen LogP contribution in [0.1, 0.15) is 35.3 Å². The van der Waals surface area contributed by atoms with Gasteiger partial charge >= 0.3 is 0 Å². The van der Waals surface area contributed by atoms with Gasteiger partial charge in [-0.1, -0.05) is 31.2 Å². The van der Waals surface area contributed by atoms with E-state index in [1.54, 1.807) is 24.3 Å². The van der Waals surface area contributed by atoms with Crippen molar-refractivity contribution in [1.82, 2.24) is 10.9 Å². The zero-order chi connectivity index (χ0) is 19.6. The van der Waals surface area contributed by atoms with Crippen LogP contribution in [-0.2, 0) is 11.2 Å². The van der Waals surface area contributed by atoms with Crippen molar-refractivity contribution in [2.24, 2.45) is 0 Å². The van der Waals surface area contributed by atoms with Gasteiger partial charge in [-0.15, -0.1) is 0 Å². The molecule has 0 spiro atoms. The molecule has 0 bridgehead atoms. The molecule has 0 aliphatic carbocycles. The van der Waals surface area contributed by atoms with Crippen LogP contribution < -0.4 is 20.3 Å². The number of hydrogen-bond acceptors (Lipinski definition) is 4. The van der Waals surface area contributed by atoms with Gasteiger partial charge in [0.15, 0.2) is 11.5 Å². The molecule has 0 unspecified atom stereocenters. The number of hydrazine groups is 1. The maximum Gasteiger partial charge on any atom is 0.269 e. The van der Waals surface area contributed by atoms with Crippen LogP contribution in [0.3, 0.4) is 0 Å². The molecule has 0 saturated heterocycles. The first kappa shape index (κ1) is 20.0. The standard InChI is InChI=1S/C21H24N2O4/c1-4-15-6-8-16(9-7-15)10-13-20(24)22-23-21(25)17-11-12-18(27-5-2)19(14-17)26-3/h6-14H,4-5H2,1-3H3,(H,22,24)(H,23,25)/b13-10+. The van der Waals surface area contributed by atoms with Crippen LogP contribution in [0.4, 0.5) is 0 Å². The Morgan fingerprint density at radius 1 is 1.00 bits per heavy atom. The van der Waals surface area contributed by atoms with Crippen LogP contribution in [0.25, 0.3) is 6.08 Å². The minimum Gasteiger partial charge on any atom is -0.493 e. The summed E-state index contributed by atoms with van der Waals surface area (Å²) in [5.74, 6) is 0.120. The Morgan fingerprint density at radius 2 is 1.74 bits per heavy atom. The van der Waals surface area contributed by atoms with Gasteiger partial charge in [-0.2, -0.15) is 0 Å². The molecular weight excluding hydrogens is 344 g/mol. The fraction of sp³-hybridized carbons (Fsp3) is 0.238. The molecule has 0 atom stereocenters. The number of carbonyl (C=O) groups is 2. The molecule has 0 aromatic heterocycles. The van der Waals surface area contributed by atoms with E-state index in [1.807, 2.05) is 31.2 Å². The molecule has 0 aliphatic heterocycles. The van der Waals surface area contributed by atoms with E-state index in [-0.39, 0.29) is 0 Å². The van der Waals surface area contributed by atoms with E-state index in [0.29, 0.717) is 23.7 Å². The van der Waals surface area contributed by atoms with E-state index in [9.17, 15) is 9.59 Å². The molecule has 0 fully saturated rings. The largest absolute Gasteiger partial charge is 0.493 e. The van der Waals surface area contributed by atoms with Gasteiger partial charge in [0, 0.05) is 11.6 Å². The number of rotatable bonds is 7. The lowest BCUT2D eigenvalue weighted by atomic mass is 10.1. The molecule has 2 aromatic carbocycles. The second-order valence-electron chi connectivity index (χ2n) is 5.67. The fourth-order valence-corrected chi connectivity index (χ4v) is 2.35. The summed E-state index contributed by atoms with van der Waals surface area (Å²) in [7, 11) is 1.50. The summed E-state index contributed by atoms with van der Waals surface area (Å²) in [6.07, 6.45) is 4.01. The zero-order valence-electron chi connectivity index (χ0n) is 15.7. The molecule has 6 nitrogen and oxygen atoms in total. The van der Waals surface area contributed by atoms with Crippen molar-refractivity contribution in [1.29, 1.82) is 0 Å². The molecule has 2 aromatic rings. The van der Waals surface area contributed by atoms with E-state index in [0.717, 1.165) is 12.0 Å². The summed E-state index contributed by atoms with van der Waals surface area (Å²) in [5, 5.41) is 0. The highest BCUT2D eigenvalue weighted by Gasteiger charge is 2.11. The molecule has 2 rings (SSSR count). The average molecular weight is 368 g/mol. The minimum atomic E-state index is -0.453. The molecule has 27 heavy (non-hydrogen) atoms. The Labute approximate surface area is 159 Å². The summed E-state index contributed by atoms with van der Waals surface area (Å²) in [4.78, 5) is 24.1. The van der Waals surface area contributed by atoms with E-state index in [4.69, 9.17) is 9.47 Å². The maximum absolute atomic E-state index is 12.2. The SMILES string of the molecule is CCOc1ccc(C(=O)NNC(=O)/C=C/c2ccc(CC)cc2)cc1OC. The van der Waals surface area contributed by atoms with E-state index in [2.05, 4.69) is 17.8 Å². The average Bonchev–Trinajstić information content (AvgIpc) is 2.71. The Hall–Kier alpha value is -3.28. The lowest BCUT2D eigenvalue weighted by molar-refractivity contribution is -0.117. The minimum absolute atomic E-state index is 0.342. The van der Waals surface area contributed by atoms with Crippen molar-refractivity contribution in [2.75, 3.05) is 13.7 Å². The number of benzene rings is 2. The van der Waals surface area contributed by atoms with Crippen LogP contribution in [0.5, 0.6) is 11.5 Å². The molecule has 2 amide bonds. The maximum atomic E-state index is 12.2. The topological polar surface area (TPSA) is 76.7 Å². The summed E-state index contributed by atoms with van der Waals surface area (Å²) in [5.41, 5.74) is 7.20. The zero-order valence-corrected chi connectivity index (χ0v) is 15.7. The third-order valence-electron chi connectivity index (χ3n) is 3.84. The quantitative estimate of drug-likeness (QED) is 0.581. The molecule has 6 heteroatoms. The van der Waals surface area contributed by atoms with E-state index in [1.165, 1.54) is 18.7 Å². The Bertz CT molecular complexity index is 813. The Morgan fingerprint density at radius 3 is 2.37 bits per heavy atom. The number of aryl methyl sites for hydroxylation is 1. The van der Waals surface area contributed by atoms with Crippen LogP contribution in [-0.4, -0.2) is 25.5 Å².